The summed E-state index contributed by atoms with van der Waals surface area (Å²) in [6.07, 6.45) is 6.70. The topological polar surface area (TPSA) is 35.2 Å². The fraction of sp³-hybridized carbons (Fsp3) is 0.818. The molecule has 0 radical (unpaired) electrons. The zero-order valence-corrected chi connectivity index (χ0v) is 9.61. The van der Waals surface area contributed by atoms with Gasteiger partial charge >= 0.3 is 0 Å². The molecule has 3 heteroatoms. The molecule has 0 bridgehead atoms. The van der Waals surface area contributed by atoms with Crippen LogP contribution in [0.5, 0.6) is 0 Å². The van der Waals surface area contributed by atoms with E-state index in [1.165, 1.54) is 24.2 Å². The van der Waals surface area contributed by atoms with Gasteiger partial charge in [0.25, 0.3) is 0 Å². The zero-order valence-electron chi connectivity index (χ0n) is 8.79. The van der Waals surface area contributed by atoms with E-state index in [0.717, 1.165) is 19.4 Å². The van der Waals surface area contributed by atoms with Crippen LogP contribution in [0.25, 0.3) is 0 Å². The normalized spacial score (nSPS) is 34.9. The van der Waals surface area contributed by atoms with Crippen LogP contribution in [0.1, 0.15) is 32.6 Å². The second kappa shape index (κ2) is 4.15. The van der Waals surface area contributed by atoms with Gasteiger partial charge in [0.1, 0.15) is 0 Å². The Balaban J connectivity index is 2.05. The molecule has 2 rings (SSSR count). The largest absolute Gasteiger partial charge is 0.501 e. The molecular formula is C11H19NOS. The van der Waals surface area contributed by atoms with Crippen LogP contribution in [0.2, 0.25) is 0 Å². The van der Waals surface area contributed by atoms with E-state index < -0.39 is 0 Å². The lowest BCUT2D eigenvalue weighted by molar-refractivity contribution is 0.219. The van der Waals surface area contributed by atoms with Crippen molar-refractivity contribution < 1.29 is 4.74 Å². The van der Waals surface area contributed by atoms with E-state index >= 15 is 0 Å². The van der Waals surface area contributed by atoms with Crippen LogP contribution >= 0.6 is 11.8 Å². The molecule has 0 aromatic heterocycles. The van der Waals surface area contributed by atoms with E-state index in [9.17, 15) is 0 Å². The van der Waals surface area contributed by atoms with Crippen molar-refractivity contribution in [3.63, 3.8) is 0 Å². The molecule has 2 aliphatic heterocycles. The van der Waals surface area contributed by atoms with Crippen LogP contribution in [0.4, 0.5) is 0 Å². The van der Waals surface area contributed by atoms with Crippen LogP contribution in [-0.2, 0) is 4.74 Å². The van der Waals surface area contributed by atoms with Gasteiger partial charge in [-0.15, -0.1) is 0 Å². The molecule has 0 aromatic rings. The van der Waals surface area contributed by atoms with Crippen molar-refractivity contribution in [2.24, 2.45) is 5.73 Å². The number of nitrogens with two attached hydrogens (primary N) is 1. The first-order valence-corrected chi connectivity index (χ1v) is 6.41. The number of rotatable bonds is 2. The van der Waals surface area contributed by atoms with Crippen molar-refractivity contribution in [1.82, 2.24) is 0 Å². The van der Waals surface area contributed by atoms with Gasteiger partial charge in [0.05, 0.1) is 12.9 Å². The Morgan fingerprint density at radius 3 is 3.00 bits per heavy atom. The summed E-state index contributed by atoms with van der Waals surface area (Å²) in [6.45, 7) is 3.16. The van der Waals surface area contributed by atoms with Gasteiger partial charge in [-0.3, -0.25) is 0 Å². The molecule has 2 unspecified atom stereocenters. The van der Waals surface area contributed by atoms with Crippen molar-refractivity contribution in [1.29, 1.82) is 0 Å². The van der Waals surface area contributed by atoms with Gasteiger partial charge in [-0.2, -0.15) is 11.8 Å². The van der Waals surface area contributed by atoms with Crippen LogP contribution in [-0.4, -0.2) is 23.1 Å². The molecule has 1 saturated heterocycles. The third-order valence-electron chi connectivity index (χ3n) is 3.27. The zero-order chi connectivity index (χ0) is 10.0. The van der Waals surface area contributed by atoms with Crippen molar-refractivity contribution >= 4 is 11.8 Å². The minimum absolute atomic E-state index is 0.190. The third kappa shape index (κ3) is 1.94. The van der Waals surface area contributed by atoms with E-state index in [0.29, 0.717) is 0 Å². The predicted molar refractivity (Wildman–Crippen MR) is 61.3 cm³/mol. The Hall–Kier alpha value is -0.150. The summed E-state index contributed by atoms with van der Waals surface area (Å²) in [5, 5.41) is 0. The van der Waals surface area contributed by atoms with Gasteiger partial charge in [-0.25, -0.2) is 0 Å². The maximum Gasteiger partial charge on any atom is 0.0876 e. The van der Waals surface area contributed by atoms with Gasteiger partial charge < -0.3 is 10.5 Å². The summed E-state index contributed by atoms with van der Waals surface area (Å²) in [7, 11) is 0. The fourth-order valence-corrected chi connectivity index (χ4v) is 3.63. The highest BCUT2D eigenvalue weighted by Crippen LogP contribution is 2.42. The molecule has 0 saturated carbocycles. The minimum atomic E-state index is 0.190. The fourth-order valence-electron chi connectivity index (χ4n) is 2.25. The third-order valence-corrected chi connectivity index (χ3v) is 4.88. The summed E-state index contributed by atoms with van der Waals surface area (Å²) >= 11 is 2.03. The maximum atomic E-state index is 6.32. The van der Waals surface area contributed by atoms with Crippen LogP contribution < -0.4 is 5.73 Å². The van der Waals surface area contributed by atoms with Crippen LogP contribution in [0.3, 0.4) is 0 Å². The molecule has 2 nitrogen and oxygen atoms in total. The quantitative estimate of drug-likeness (QED) is 0.764. The summed E-state index contributed by atoms with van der Waals surface area (Å²) in [5.41, 5.74) is 7.63. The number of hydrogen-bond donors (Lipinski definition) is 1. The monoisotopic (exact) mass is 213 g/mol. The molecule has 2 heterocycles. The molecule has 2 N–H and O–H groups in total. The summed E-state index contributed by atoms with van der Waals surface area (Å²) in [5.74, 6) is 1.26. The van der Waals surface area contributed by atoms with E-state index in [1.807, 2.05) is 18.0 Å². The minimum Gasteiger partial charge on any atom is -0.501 e. The molecule has 0 aromatic carbocycles. The standard InChI is InChI=1S/C11H19NOS/c1-11(5-3-7-14-11)10(12)9-4-2-6-13-8-9/h8,10H,2-7,12H2,1H3. The molecule has 0 amide bonds. The van der Waals surface area contributed by atoms with Crippen molar-refractivity contribution in [3.05, 3.63) is 11.8 Å². The average Bonchev–Trinajstić information content (AvgIpc) is 2.67. The van der Waals surface area contributed by atoms with Crippen molar-refractivity contribution in [2.45, 2.75) is 43.4 Å². The maximum absolute atomic E-state index is 6.32. The van der Waals surface area contributed by atoms with E-state index in [4.69, 9.17) is 10.5 Å². The molecule has 0 spiro atoms. The number of thioether (sulfide) groups is 1. The molecule has 14 heavy (non-hydrogen) atoms. The Morgan fingerprint density at radius 1 is 1.57 bits per heavy atom. The first kappa shape index (κ1) is 10.4. The Bertz CT molecular complexity index is 233. The molecule has 80 valence electrons. The molecule has 0 aliphatic carbocycles. The van der Waals surface area contributed by atoms with E-state index in [-0.39, 0.29) is 10.8 Å². The highest BCUT2D eigenvalue weighted by molar-refractivity contribution is 8.00. The van der Waals surface area contributed by atoms with Gasteiger partial charge in [-0.05, 0) is 43.9 Å². The number of hydrogen-bond acceptors (Lipinski definition) is 3. The van der Waals surface area contributed by atoms with Gasteiger partial charge in [0.15, 0.2) is 0 Å². The SMILES string of the molecule is CC1(C(N)C2=COCCC2)CCCS1. The van der Waals surface area contributed by atoms with Crippen LogP contribution in [0.15, 0.2) is 11.8 Å². The molecule has 1 fully saturated rings. The summed E-state index contributed by atoms with van der Waals surface area (Å²) < 4.78 is 5.61. The smallest absolute Gasteiger partial charge is 0.0876 e. The molecule has 2 aliphatic rings. The average molecular weight is 213 g/mol. The van der Waals surface area contributed by atoms with Gasteiger partial charge in [0, 0.05) is 10.8 Å². The molecule has 2 atom stereocenters. The lowest BCUT2D eigenvalue weighted by Gasteiger charge is -2.33. The van der Waals surface area contributed by atoms with Gasteiger partial charge in [-0.1, -0.05) is 0 Å². The summed E-state index contributed by atoms with van der Waals surface area (Å²) in [6, 6.07) is 0.190. The Morgan fingerprint density at radius 2 is 2.43 bits per heavy atom. The van der Waals surface area contributed by atoms with Crippen molar-refractivity contribution in [2.75, 3.05) is 12.4 Å². The Labute approximate surface area is 90.3 Å². The first-order valence-electron chi connectivity index (χ1n) is 5.42. The first-order chi connectivity index (χ1) is 6.72. The Kier molecular flexibility index (Phi) is 3.07. The molecular weight excluding hydrogens is 194 g/mol. The number of ether oxygens (including phenoxy) is 1. The second-order valence-electron chi connectivity index (χ2n) is 4.41. The summed E-state index contributed by atoms with van der Waals surface area (Å²) in [4.78, 5) is 0. The lowest BCUT2D eigenvalue weighted by Crippen LogP contribution is -2.43. The second-order valence-corrected chi connectivity index (χ2v) is 6.04. The predicted octanol–water partition coefficient (Wildman–Crippen LogP) is 2.29. The van der Waals surface area contributed by atoms with Crippen LogP contribution in [0, 0.1) is 0 Å². The highest BCUT2D eigenvalue weighted by atomic mass is 32.2. The van der Waals surface area contributed by atoms with E-state index in [1.54, 1.807) is 0 Å². The van der Waals surface area contributed by atoms with Crippen molar-refractivity contribution in [3.8, 4) is 0 Å². The van der Waals surface area contributed by atoms with E-state index in [2.05, 4.69) is 6.92 Å². The van der Waals surface area contributed by atoms with Gasteiger partial charge in [0.2, 0.25) is 0 Å². The lowest BCUT2D eigenvalue weighted by atomic mass is 9.89. The highest BCUT2D eigenvalue weighted by Gasteiger charge is 2.37.